The fourth-order valence-corrected chi connectivity index (χ4v) is 5.38. The Hall–Kier alpha value is -4.73. The second-order valence-electron chi connectivity index (χ2n) is 9.78. The SMILES string of the molecule is COc1cc2c3cc1OCC(=O)NCCCOc1cccc(c1)C2N(C(=O)Cn1c(=O)oc2ccccc21)CC3. The lowest BCUT2D eigenvalue weighted by atomic mass is 9.87. The number of benzene rings is 3. The molecule has 10 heteroatoms. The van der Waals surface area contributed by atoms with E-state index in [1.54, 1.807) is 36.3 Å². The molecule has 0 saturated carbocycles. The first-order valence-corrected chi connectivity index (χ1v) is 13.2. The predicted molar refractivity (Wildman–Crippen MR) is 146 cm³/mol. The van der Waals surface area contributed by atoms with Gasteiger partial charge in [-0.05, 0) is 65.9 Å². The van der Waals surface area contributed by atoms with Gasteiger partial charge in [0.05, 0.1) is 25.3 Å². The smallest absolute Gasteiger partial charge is 0.420 e. The average molecular weight is 544 g/mol. The lowest BCUT2D eigenvalue weighted by Crippen LogP contribution is -2.43. The number of carbonyl (C=O) groups is 2. The molecule has 0 radical (unpaired) electrons. The second-order valence-corrected chi connectivity index (χ2v) is 9.78. The van der Waals surface area contributed by atoms with E-state index < -0.39 is 11.8 Å². The molecule has 3 aliphatic heterocycles. The summed E-state index contributed by atoms with van der Waals surface area (Å²) in [6, 6.07) is 18.0. The van der Waals surface area contributed by atoms with Crippen LogP contribution in [0.15, 0.2) is 69.9 Å². The lowest BCUT2D eigenvalue weighted by Gasteiger charge is -2.38. The zero-order valence-corrected chi connectivity index (χ0v) is 22.1. The molecule has 1 aromatic heterocycles. The summed E-state index contributed by atoms with van der Waals surface area (Å²) in [5, 5.41) is 2.84. The zero-order valence-electron chi connectivity index (χ0n) is 22.1. The molecule has 0 spiro atoms. The van der Waals surface area contributed by atoms with E-state index in [9.17, 15) is 14.4 Å². The van der Waals surface area contributed by atoms with E-state index in [-0.39, 0.29) is 25.0 Å². The highest BCUT2D eigenvalue weighted by Gasteiger charge is 2.34. The molecule has 1 unspecified atom stereocenters. The van der Waals surface area contributed by atoms with E-state index in [2.05, 4.69) is 5.32 Å². The maximum atomic E-state index is 13.9. The number of para-hydroxylation sites is 2. The predicted octanol–water partition coefficient (Wildman–Crippen LogP) is 3.05. The second kappa shape index (κ2) is 10.8. The van der Waals surface area contributed by atoms with Crippen molar-refractivity contribution in [2.75, 3.05) is 33.4 Å². The van der Waals surface area contributed by atoms with E-state index in [1.165, 1.54) is 4.57 Å². The minimum atomic E-state index is -0.576. The first kappa shape index (κ1) is 25.5. The van der Waals surface area contributed by atoms with Crippen LogP contribution in [0, 0.1) is 0 Å². The number of hydrogen-bond donors (Lipinski definition) is 1. The number of methoxy groups -OCH3 is 1. The van der Waals surface area contributed by atoms with Crippen LogP contribution in [-0.4, -0.2) is 54.7 Å². The van der Waals surface area contributed by atoms with Gasteiger partial charge >= 0.3 is 5.76 Å². The molecule has 10 nitrogen and oxygen atoms in total. The maximum Gasteiger partial charge on any atom is 0.420 e. The molecule has 3 aliphatic rings. The summed E-state index contributed by atoms with van der Waals surface area (Å²) in [6.45, 7) is 0.984. The van der Waals surface area contributed by atoms with E-state index >= 15 is 0 Å². The van der Waals surface area contributed by atoms with Crippen LogP contribution in [0.2, 0.25) is 0 Å². The number of ether oxygens (including phenoxy) is 3. The molecule has 40 heavy (non-hydrogen) atoms. The van der Waals surface area contributed by atoms with Crippen LogP contribution in [0.25, 0.3) is 11.1 Å². The highest BCUT2D eigenvalue weighted by atomic mass is 16.5. The van der Waals surface area contributed by atoms with Gasteiger partial charge in [-0.2, -0.15) is 0 Å². The molecule has 4 heterocycles. The van der Waals surface area contributed by atoms with Crippen molar-refractivity contribution in [3.8, 4) is 17.2 Å². The first-order valence-electron chi connectivity index (χ1n) is 13.2. The Morgan fingerprint density at radius 1 is 1.07 bits per heavy atom. The molecule has 4 aromatic rings. The van der Waals surface area contributed by atoms with Gasteiger partial charge in [0.2, 0.25) is 5.91 Å². The number of amides is 2. The van der Waals surface area contributed by atoms with Crippen LogP contribution >= 0.6 is 0 Å². The third-order valence-electron chi connectivity index (χ3n) is 7.29. The van der Waals surface area contributed by atoms with Gasteiger partial charge in [0.15, 0.2) is 23.7 Å². The van der Waals surface area contributed by atoms with Gasteiger partial charge in [-0.3, -0.25) is 14.2 Å². The van der Waals surface area contributed by atoms with E-state index in [0.717, 1.165) is 16.7 Å². The highest BCUT2D eigenvalue weighted by molar-refractivity contribution is 5.81. The third-order valence-corrected chi connectivity index (χ3v) is 7.29. The molecule has 6 bridgehead atoms. The molecule has 3 aromatic carbocycles. The Morgan fingerprint density at radius 3 is 2.83 bits per heavy atom. The van der Waals surface area contributed by atoms with Crippen LogP contribution in [0.1, 0.15) is 29.2 Å². The number of carbonyl (C=O) groups excluding carboxylic acids is 2. The minimum Gasteiger partial charge on any atom is -0.494 e. The van der Waals surface area contributed by atoms with Crippen LogP contribution in [-0.2, 0) is 22.6 Å². The topological polar surface area (TPSA) is 112 Å². The molecule has 0 fully saturated rings. The van der Waals surface area contributed by atoms with Gasteiger partial charge in [0.1, 0.15) is 12.3 Å². The Kier molecular flexibility index (Phi) is 6.90. The van der Waals surface area contributed by atoms with Crippen molar-refractivity contribution in [2.24, 2.45) is 0 Å². The van der Waals surface area contributed by atoms with Crippen molar-refractivity contribution in [3.05, 3.63) is 87.9 Å². The molecule has 7 rings (SSSR count). The van der Waals surface area contributed by atoms with Gasteiger partial charge < -0.3 is 28.8 Å². The summed E-state index contributed by atoms with van der Waals surface area (Å²) < 4.78 is 24.2. The fourth-order valence-electron chi connectivity index (χ4n) is 5.38. The van der Waals surface area contributed by atoms with Gasteiger partial charge in [-0.15, -0.1) is 0 Å². The van der Waals surface area contributed by atoms with Gasteiger partial charge in [0.25, 0.3) is 5.91 Å². The first-order chi connectivity index (χ1) is 19.5. The molecular formula is C30H29N3O7. The fraction of sp³-hybridized carbons (Fsp3) is 0.300. The quantitative estimate of drug-likeness (QED) is 0.423. The van der Waals surface area contributed by atoms with E-state index in [1.807, 2.05) is 36.4 Å². The number of nitrogens with zero attached hydrogens (tertiary/aromatic N) is 2. The van der Waals surface area contributed by atoms with Gasteiger partial charge in [-0.1, -0.05) is 24.3 Å². The van der Waals surface area contributed by atoms with Crippen molar-refractivity contribution in [1.29, 1.82) is 0 Å². The number of hydrogen-bond acceptors (Lipinski definition) is 7. The number of aromatic nitrogens is 1. The molecule has 0 aliphatic carbocycles. The molecular weight excluding hydrogens is 514 g/mol. The average Bonchev–Trinajstić information content (AvgIpc) is 3.28. The largest absolute Gasteiger partial charge is 0.494 e. The Labute approximate surface area is 230 Å². The summed E-state index contributed by atoms with van der Waals surface area (Å²) >= 11 is 0. The van der Waals surface area contributed by atoms with Crippen LogP contribution in [0.5, 0.6) is 17.2 Å². The van der Waals surface area contributed by atoms with Crippen molar-refractivity contribution in [2.45, 2.75) is 25.4 Å². The van der Waals surface area contributed by atoms with Crippen molar-refractivity contribution in [1.82, 2.24) is 14.8 Å². The maximum absolute atomic E-state index is 13.9. The number of fused-ring (bicyclic) bond motifs is 9. The van der Waals surface area contributed by atoms with Crippen molar-refractivity contribution < 1.29 is 28.2 Å². The molecule has 1 N–H and O–H groups in total. The highest BCUT2D eigenvalue weighted by Crippen LogP contribution is 2.42. The Balaban J connectivity index is 1.43. The van der Waals surface area contributed by atoms with Gasteiger partial charge in [-0.25, -0.2) is 4.79 Å². The summed E-state index contributed by atoms with van der Waals surface area (Å²) in [5.74, 6) is 0.566. The Bertz CT molecular complexity index is 1640. The summed E-state index contributed by atoms with van der Waals surface area (Å²) in [6.07, 6.45) is 1.18. The number of rotatable bonds is 3. The Morgan fingerprint density at radius 2 is 1.95 bits per heavy atom. The monoisotopic (exact) mass is 543 g/mol. The van der Waals surface area contributed by atoms with Crippen molar-refractivity contribution in [3.63, 3.8) is 0 Å². The van der Waals surface area contributed by atoms with E-state index in [0.29, 0.717) is 60.9 Å². The summed E-state index contributed by atoms with van der Waals surface area (Å²) in [4.78, 5) is 40.6. The molecule has 0 saturated heterocycles. The van der Waals surface area contributed by atoms with Crippen molar-refractivity contribution >= 4 is 22.9 Å². The van der Waals surface area contributed by atoms with Crippen LogP contribution < -0.4 is 25.3 Å². The van der Waals surface area contributed by atoms with E-state index in [4.69, 9.17) is 18.6 Å². The molecule has 2 amide bonds. The molecule has 1 atom stereocenters. The molecule has 206 valence electrons. The normalized spacial score (nSPS) is 17.2. The van der Waals surface area contributed by atoms with Crippen LogP contribution in [0.4, 0.5) is 0 Å². The number of oxazole rings is 1. The van der Waals surface area contributed by atoms with Crippen LogP contribution in [0.3, 0.4) is 0 Å². The zero-order chi connectivity index (χ0) is 27.6. The lowest BCUT2D eigenvalue weighted by molar-refractivity contribution is -0.134. The number of nitrogens with one attached hydrogen (secondary N) is 1. The summed E-state index contributed by atoms with van der Waals surface area (Å²) in [5.41, 5.74) is 3.73. The summed E-state index contributed by atoms with van der Waals surface area (Å²) in [7, 11) is 1.54. The standard InChI is InChI=1S/C30H29N3O7/c1-37-25-16-22-19-10-12-32(28(35)17-33-23-8-2-3-9-24(23)40-30(33)36)29(22)20-6-4-7-21(14-20)38-13-5-11-31-27(34)18-39-26(25)15-19/h2-4,6-9,14-16,29H,5,10-13,17-18H2,1H3,(H,31,34). The van der Waals surface area contributed by atoms with Gasteiger partial charge in [0, 0.05) is 13.1 Å². The minimum absolute atomic E-state index is 0.142. The third kappa shape index (κ3) is 4.88.